The van der Waals surface area contributed by atoms with Crippen LogP contribution in [0.1, 0.15) is 192 Å². The molecule has 15 atom stereocenters. The third-order valence-corrected chi connectivity index (χ3v) is 31.3. The van der Waals surface area contributed by atoms with Crippen LogP contribution in [0, 0.1) is 147 Å². The first kappa shape index (κ1) is 106. The fourth-order valence-electron chi connectivity index (χ4n) is 18.6. The lowest BCUT2D eigenvalue weighted by Gasteiger charge is -2.20. The zero-order valence-electron chi connectivity index (χ0n) is 89.2. The molecule has 0 aliphatic carbocycles. The molecule has 12 heterocycles. The average molecular weight is 1860 g/mol. The molecular weight excluding hydrogens is 1700 g/mol. The first-order valence-electron chi connectivity index (χ1n) is 49.7. The zero-order chi connectivity index (χ0) is 100. The van der Waals surface area contributed by atoms with Crippen LogP contribution in [0.2, 0.25) is 0 Å². The SMILES string of the molecule is CC.CC.Cc1ccc(Nc2nc(NC3CN(C)C(C)C3C)c3cc[nH]c3n2)c(C)c1C.Cc1ccc(Nc2nc(NC3CN(C)C(C)C3C)nc3[nH]ccc23)c(C)c1C.Cc1ccc(Nc2ncnc(NC3CN(C)C(C)C3C)n2)c(C)c1C.Cc1cnc(NC2CN(C)C(C)C2C)nc1Nc1ccc(C)c(C)c1C.Cc1cnc(Nc2ccc(C)c(C)c2C)nc1NC1CN(C)C(C)C1C. The van der Waals surface area contributed by atoms with Crippen LogP contribution in [-0.2, 0) is 0 Å². The lowest BCUT2D eigenvalue weighted by Crippen LogP contribution is -2.28. The molecule has 5 fully saturated rings. The van der Waals surface area contributed by atoms with Gasteiger partial charge in [0.05, 0.1) is 10.8 Å². The fourth-order valence-corrected chi connectivity index (χ4v) is 18.6. The predicted molar refractivity (Wildman–Crippen MR) is 577 cm³/mol. The van der Waals surface area contributed by atoms with Gasteiger partial charge in [-0.15, -0.1) is 0 Å². The molecule has 0 radical (unpaired) electrons. The van der Waals surface area contributed by atoms with Gasteiger partial charge in [-0.1, -0.05) is 92.6 Å². The van der Waals surface area contributed by atoms with Crippen LogP contribution in [0.15, 0.2) is 104 Å². The van der Waals surface area contributed by atoms with Gasteiger partial charge in [0.25, 0.3) is 0 Å². The van der Waals surface area contributed by atoms with E-state index in [1.807, 2.05) is 71.5 Å². The first-order valence-corrected chi connectivity index (χ1v) is 49.7. The maximum Gasteiger partial charge on any atom is 0.232 e. The summed E-state index contributed by atoms with van der Waals surface area (Å²) < 4.78 is 0. The van der Waals surface area contributed by atoms with Gasteiger partial charge in [-0.25, -0.2) is 19.9 Å². The van der Waals surface area contributed by atoms with Crippen molar-refractivity contribution in [2.45, 2.75) is 275 Å². The molecule has 0 saturated carbocycles. The van der Waals surface area contributed by atoms with E-state index in [2.05, 4.69) is 393 Å². The maximum atomic E-state index is 4.84. The van der Waals surface area contributed by atoms with Crippen LogP contribution in [0.5, 0.6) is 0 Å². The third kappa shape index (κ3) is 24.9. The van der Waals surface area contributed by atoms with Gasteiger partial charge < -0.3 is 87.6 Å². The number of aromatic amines is 2. The summed E-state index contributed by atoms with van der Waals surface area (Å²) in [4.78, 5) is 69.0. The third-order valence-electron chi connectivity index (χ3n) is 31.3. The highest BCUT2D eigenvalue weighted by atomic mass is 15.3. The van der Waals surface area contributed by atoms with E-state index in [1.54, 1.807) is 6.33 Å². The van der Waals surface area contributed by atoms with E-state index in [4.69, 9.17) is 24.9 Å². The Morgan fingerprint density at radius 3 is 0.876 bits per heavy atom. The van der Waals surface area contributed by atoms with Crippen molar-refractivity contribution in [3.8, 4) is 0 Å². The van der Waals surface area contributed by atoms with Crippen molar-refractivity contribution >= 4 is 109 Å². The Hall–Kier alpha value is -11.7. The summed E-state index contributed by atoms with van der Waals surface area (Å²) in [7, 11) is 10.9. The predicted octanol–water partition coefficient (Wildman–Crippen LogP) is 22.5. The minimum Gasteiger partial charge on any atom is -0.365 e. The molecule has 0 spiro atoms. The second-order valence-corrected chi connectivity index (χ2v) is 39.3. The molecule has 0 bridgehead atoms. The Balaban J connectivity index is 0.000000163. The molecule has 28 nitrogen and oxygen atoms in total. The van der Waals surface area contributed by atoms with E-state index < -0.39 is 0 Å². The number of nitrogens with zero attached hydrogens (tertiary/aromatic N) is 16. The monoisotopic (exact) mass is 1860 g/mol. The van der Waals surface area contributed by atoms with Crippen LogP contribution in [0.3, 0.4) is 0 Å². The number of benzene rings is 5. The number of rotatable bonds is 20. The van der Waals surface area contributed by atoms with Crippen LogP contribution < -0.4 is 53.2 Å². The van der Waals surface area contributed by atoms with E-state index in [9.17, 15) is 0 Å². The Labute approximate surface area is 818 Å². The van der Waals surface area contributed by atoms with E-state index >= 15 is 0 Å². The van der Waals surface area contributed by atoms with Gasteiger partial charge in [-0.3, -0.25) is 0 Å². The number of hydrogen-bond acceptors (Lipinski definition) is 26. The normalized spacial score (nSPS) is 22.5. The Kier molecular flexibility index (Phi) is 36.0. The summed E-state index contributed by atoms with van der Waals surface area (Å²) in [5, 5.41) is 37.1. The van der Waals surface area contributed by atoms with Gasteiger partial charge in [0.2, 0.25) is 35.7 Å². The molecular formula is C109H162N28. The van der Waals surface area contributed by atoms with E-state index in [-0.39, 0.29) is 0 Å². The van der Waals surface area contributed by atoms with Gasteiger partial charge in [0.1, 0.15) is 40.9 Å². The van der Waals surface area contributed by atoms with Gasteiger partial charge in [-0.05, 0) is 343 Å². The Morgan fingerprint density at radius 2 is 0.511 bits per heavy atom. The van der Waals surface area contributed by atoms with Crippen molar-refractivity contribution in [2.75, 3.05) is 121 Å². The second kappa shape index (κ2) is 46.6. The fraction of sp³-hybridized carbons (Fsp3) is 0.514. The van der Waals surface area contributed by atoms with E-state index in [1.165, 1.54) is 83.5 Å². The second-order valence-electron chi connectivity index (χ2n) is 39.3. The van der Waals surface area contributed by atoms with Crippen molar-refractivity contribution < 1.29 is 0 Å². The summed E-state index contributed by atoms with van der Waals surface area (Å²) in [6.07, 6.45) is 9.17. The van der Waals surface area contributed by atoms with Gasteiger partial charge in [0.15, 0.2) is 0 Å². The van der Waals surface area contributed by atoms with Gasteiger partial charge >= 0.3 is 0 Å². The number of fused-ring (bicyclic) bond motifs is 2. The molecule has 15 unspecified atom stereocenters. The van der Waals surface area contributed by atoms with Crippen LogP contribution in [0.25, 0.3) is 22.1 Å². The summed E-state index contributed by atoms with van der Waals surface area (Å²) >= 11 is 0. The minimum absolute atomic E-state index is 0.337. The number of aromatic nitrogens is 13. The molecule has 5 aromatic carbocycles. The molecule has 137 heavy (non-hydrogen) atoms. The van der Waals surface area contributed by atoms with Gasteiger partial charge in [-0.2, -0.15) is 34.9 Å². The van der Waals surface area contributed by atoms with Crippen molar-refractivity contribution in [3.63, 3.8) is 0 Å². The van der Waals surface area contributed by atoms with Crippen LogP contribution in [0.4, 0.5) is 87.4 Å². The molecule has 738 valence electrons. The maximum absolute atomic E-state index is 4.84. The van der Waals surface area contributed by atoms with E-state index in [0.717, 1.165) is 118 Å². The molecule has 12 N–H and O–H groups in total. The topological polar surface area (TPSA) is 310 Å². The van der Waals surface area contributed by atoms with Crippen molar-refractivity contribution in [3.05, 3.63) is 198 Å². The average Bonchev–Trinajstić information content (AvgIpc) is 1.68. The number of hydrogen-bond donors (Lipinski definition) is 12. The summed E-state index contributed by atoms with van der Waals surface area (Å²) in [5.74, 6) is 10.0. The van der Waals surface area contributed by atoms with Crippen molar-refractivity contribution in [1.82, 2.24) is 89.3 Å². The standard InChI is InChI=1S/2C22H30N6.2C21H31N5.C19H28N6.2C2H6/c1-12-7-8-18(14(3)13(12)2)25-22-26-20-17(9-10-23-20)21(27-22)24-19-11-28(6)16(5)15(19)4;1-12-7-8-18(14(3)13(12)2)24-21-17-9-10-23-20(17)26-22(27-21)25-19-11-28(6)16(5)15(19)4;1-12-8-9-18(15(4)14(12)3)24-21-22-10-13(2)20(25-21)23-19-11-26(7)17(6)16(19)5;1-12-8-9-18(15(4)14(12)3)23-20-13(2)10-22-21(25-20)24-19-11-26(7)17(6)16(19)5;1-11-7-8-16(13(3)12(11)2)22-18-20-10-21-19(24-18)23-17-9-25(6)15(5)14(17)4;2*1-2/h2*7-10,15-16,19H,11H2,1-6H3,(H3,23,24,25,26,27);2*8-10,16-17,19H,11H2,1-7H3,(H2,22,23,24,25);7-8,10,14-15,17H,9H2,1-6H3,(H2,20,21,22,23,24);2*1-2H3. The first-order chi connectivity index (χ1) is 65.1. The lowest BCUT2D eigenvalue weighted by atomic mass is 10.00. The highest BCUT2D eigenvalue weighted by Crippen LogP contribution is 2.38. The number of nitrogens with one attached hydrogen (secondary N) is 12. The minimum atomic E-state index is 0.337. The van der Waals surface area contributed by atoms with Crippen LogP contribution >= 0.6 is 0 Å². The largest absolute Gasteiger partial charge is 0.365 e. The van der Waals surface area contributed by atoms with Crippen LogP contribution in [-0.4, -0.2) is 218 Å². The Morgan fingerprint density at radius 1 is 0.248 bits per heavy atom. The van der Waals surface area contributed by atoms with Crippen molar-refractivity contribution in [2.24, 2.45) is 29.6 Å². The highest BCUT2D eigenvalue weighted by molar-refractivity contribution is 5.91. The van der Waals surface area contributed by atoms with Gasteiger partial charge in [0, 0.05) is 157 Å². The Bertz CT molecular complexity index is 6060. The number of likely N-dealkylation sites (N-methyl/N-ethyl adjacent to an activating group) is 5. The molecule has 28 heteroatoms. The zero-order valence-corrected chi connectivity index (χ0v) is 89.2. The molecule has 17 rings (SSSR count). The molecule has 5 aliphatic rings. The quantitative estimate of drug-likeness (QED) is 0.0337. The summed E-state index contributed by atoms with van der Waals surface area (Å²) in [6.45, 7) is 72.1. The lowest BCUT2D eigenvalue weighted by molar-refractivity contribution is 0.301. The number of aryl methyl sites for hydroxylation is 7. The number of H-pyrrole nitrogens is 2. The smallest absolute Gasteiger partial charge is 0.232 e. The summed E-state index contributed by atoms with van der Waals surface area (Å²) in [5.41, 5.74) is 28.3. The molecule has 5 aliphatic heterocycles. The number of anilines is 15. The molecule has 12 aromatic rings. The van der Waals surface area contributed by atoms with E-state index in [0.29, 0.717) is 126 Å². The van der Waals surface area contributed by atoms with Crippen molar-refractivity contribution in [1.29, 1.82) is 0 Å². The molecule has 7 aromatic heterocycles. The molecule has 0 amide bonds. The highest BCUT2D eigenvalue weighted by Gasteiger charge is 2.39. The molecule has 5 saturated heterocycles. The summed E-state index contributed by atoms with van der Waals surface area (Å²) in [6, 6.07) is 29.9. The number of likely N-dealkylation sites (tertiary alicyclic amines) is 5.